The Labute approximate surface area is 126 Å². The maximum Gasteiger partial charge on any atom is 0.329 e. The highest BCUT2D eigenvalue weighted by Gasteiger charge is 2.45. The SMILES string of the molecule is CC1(C(=O)O)CCCN1C(=O)C=Cc1ccc(F)c(Cl)c1. The normalized spacial score (nSPS) is 22.0. The molecule has 1 heterocycles. The molecule has 1 aromatic rings. The molecule has 21 heavy (non-hydrogen) atoms. The summed E-state index contributed by atoms with van der Waals surface area (Å²) in [6.07, 6.45) is 3.87. The number of carboxylic acids is 1. The summed E-state index contributed by atoms with van der Waals surface area (Å²) in [7, 11) is 0. The molecule has 1 N–H and O–H groups in total. The van der Waals surface area contributed by atoms with Gasteiger partial charge in [-0.2, -0.15) is 0 Å². The second-order valence-corrected chi connectivity index (χ2v) is 5.59. The number of halogens is 2. The Bertz CT molecular complexity index is 617. The van der Waals surface area contributed by atoms with E-state index < -0.39 is 17.3 Å². The predicted octanol–water partition coefficient (Wildman–Crippen LogP) is 2.96. The minimum atomic E-state index is -1.16. The number of rotatable bonds is 3. The quantitative estimate of drug-likeness (QED) is 0.873. The van der Waals surface area contributed by atoms with Gasteiger partial charge in [0.25, 0.3) is 0 Å². The number of nitrogens with zero attached hydrogens (tertiary/aromatic N) is 1. The van der Waals surface area contributed by atoms with Crippen LogP contribution in [0, 0.1) is 5.82 Å². The van der Waals surface area contributed by atoms with Crippen molar-refractivity contribution in [3.8, 4) is 0 Å². The van der Waals surface area contributed by atoms with Crippen molar-refractivity contribution >= 4 is 29.6 Å². The van der Waals surface area contributed by atoms with Gasteiger partial charge in [-0.25, -0.2) is 9.18 Å². The fourth-order valence-electron chi connectivity index (χ4n) is 2.41. The number of likely N-dealkylation sites (tertiary alicyclic amines) is 1. The van der Waals surface area contributed by atoms with Gasteiger partial charge in [0.1, 0.15) is 11.4 Å². The molecule has 0 spiro atoms. The number of amides is 1. The van der Waals surface area contributed by atoms with Crippen molar-refractivity contribution in [2.24, 2.45) is 0 Å². The number of hydrogen-bond acceptors (Lipinski definition) is 2. The zero-order valence-electron chi connectivity index (χ0n) is 11.5. The first-order chi connectivity index (χ1) is 9.84. The molecule has 0 aliphatic carbocycles. The number of benzene rings is 1. The van der Waals surface area contributed by atoms with E-state index in [4.69, 9.17) is 11.6 Å². The van der Waals surface area contributed by atoms with Gasteiger partial charge in [-0.1, -0.05) is 17.7 Å². The van der Waals surface area contributed by atoms with Crippen LogP contribution in [0.5, 0.6) is 0 Å². The summed E-state index contributed by atoms with van der Waals surface area (Å²) in [6, 6.07) is 4.11. The molecule has 2 rings (SSSR count). The van der Waals surface area contributed by atoms with Crippen molar-refractivity contribution in [2.75, 3.05) is 6.54 Å². The fourth-order valence-corrected chi connectivity index (χ4v) is 2.60. The molecule has 6 heteroatoms. The number of carbonyl (C=O) groups excluding carboxylic acids is 1. The van der Waals surface area contributed by atoms with Crippen LogP contribution < -0.4 is 0 Å². The first-order valence-corrected chi connectivity index (χ1v) is 6.90. The van der Waals surface area contributed by atoms with Crippen molar-refractivity contribution in [3.63, 3.8) is 0 Å². The molecule has 4 nitrogen and oxygen atoms in total. The zero-order valence-corrected chi connectivity index (χ0v) is 12.2. The van der Waals surface area contributed by atoms with Gasteiger partial charge in [0.15, 0.2) is 0 Å². The fraction of sp³-hybridized carbons (Fsp3) is 0.333. The summed E-state index contributed by atoms with van der Waals surface area (Å²) in [6.45, 7) is 1.96. The summed E-state index contributed by atoms with van der Waals surface area (Å²) in [5.41, 5.74) is -0.590. The van der Waals surface area contributed by atoms with Crippen LogP contribution in [0.15, 0.2) is 24.3 Å². The van der Waals surface area contributed by atoms with Crippen LogP contribution in [0.25, 0.3) is 6.08 Å². The van der Waals surface area contributed by atoms with E-state index in [0.717, 1.165) is 0 Å². The number of carbonyl (C=O) groups is 2. The zero-order chi connectivity index (χ0) is 15.6. The van der Waals surface area contributed by atoms with E-state index in [2.05, 4.69) is 0 Å². The largest absolute Gasteiger partial charge is 0.480 e. The second kappa shape index (κ2) is 5.85. The van der Waals surface area contributed by atoms with Crippen LogP contribution in [-0.2, 0) is 9.59 Å². The van der Waals surface area contributed by atoms with Crippen LogP contribution in [-0.4, -0.2) is 34.0 Å². The highest BCUT2D eigenvalue weighted by Crippen LogP contribution is 2.29. The van der Waals surface area contributed by atoms with Gasteiger partial charge in [0.2, 0.25) is 5.91 Å². The van der Waals surface area contributed by atoms with Crippen molar-refractivity contribution in [1.29, 1.82) is 0 Å². The first kappa shape index (κ1) is 15.5. The van der Waals surface area contributed by atoms with Gasteiger partial charge in [-0.15, -0.1) is 0 Å². The highest BCUT2D eigenvalue weighted by atomic mass is 35.5. The van der Waals surface area contributed by atoms with E-state index in [-0.39, 0.29) is 10.9 Å². The molecule has 0 aromatic heterocycles. The third kappa shape index (κ3) is 3.08. The van der Waals surface area contributed by atoms with E-state index in [1.807, 2.05) is 0 Å². The average molecular weight is 312 g/mol. The lowest BCUT2D eigenvalue weighted by Crippen LogP contribution is -2.50. The van der Waals surface area contributed by atoms with Crippen LogP contribution in [0.2, 0.25) is 5.02 Å². The maximum absolute atomic E-state index is 13.0. The molecule has 1 fully saturated rings. The van der Waals surface area contributed by atoms with Gasteiger partial charge in [-0.3, -0.25) is 4.79 Å². The molecule has 0 saturated carbocycles. The lowest BCUT2D eigenvalue weighted by atomic mass is 9.99. The summed E-state index contributed by atoms with van der Waals surface area (Å²) in [5.74, 6) is -1.91. The third-order valence-corrected chi connectivity index (χ3v) is 4.02. The van der Waals surface area contributed by atoms with Crippen molar-refractivity contribution in [3.05, 3.63) is 40.7 Å². The maximum atomic E-state index is 13.0. The molecular weight excluding hydrogens is 297 g/mol. The number of hydrogen-bond donors (Lipinski definition) is 1. The minimum Gasteiger partial charge on any atom is -0.480 e. The molecule has 1 unspecified atom stereocenters. The molecule has 0 radical (unpaired) electrons. The van der Waals surface area contributed by atoms with Crippen LogP contribution in [0.4, 0.5) is 4.39 Å². The Balaban J connectivity index is 2.15. The molecule has 1 amide bonds. The predicted molar refractivity (Wildman–Crippen MR) is 77.4 cm³/mol. The monoisotopic (exact) mass is 311 g/mol. The molecule has 1 atom stereocenters. The molecule has 1 saturated heterocycles. The van der Waals surface area contributed by atoms with Crippen LogP contribution in [0.3, 0.4) is 0 Å². The van der Waals surface area contributed by atoms with Crippen LogP contribution >= 0.6 is 11.6 Å². The van der Waals surface area contributed by atoms with E-state index in [0.29, 0.717) is 24.9 Å². The van der Waals surface area contributed by atoms with Crippen molar-refractivity contribution in [2.45, 2.75) is 25.3 Å². The smallest absolute Gasteiger partial charge is 0.329 e. The Hall–Kier alpha value is -1.88. The Morgan fingerprint density at radius 1 is 1.48 bits per heavy atom. The van der Waals surface area contributed by atoms with E-state index >= 15 is 0 Å². The Morgan fingerprint density at radius 3 is 2.81 bits per heavy atom. The third-order valence-electron chi connectivity index (χ3n) is 3.73. The van der Waals surface area contributed by atoms with Gasteiger partial charge >= 0.3 is 5.97 Å². The van der Waals surface area contributed by atoms with E-state index in [1.165, 1.54) is 35.3 Å². The van der Waals surface area contributed by atoms with Gasteiger partial charge in [-0.05, 0) is 43.5 Å². The standard InChI is InChI=1S/C15H15ClFNO3/c1-15(14(20)21)7-2-8-18(15)13(19)6-4-10-3-5-12(17)11(16)9-10/h3-6,9H,2,7-8H2,1H3,(H,20,21). The molecule has 1 aliphatic rings. The molecule has 0 bridgehead atoms. The van der Waals surface area contributed by atoms with Gasteiger partial charge in [0.05, 0.1) is 5.02 Å². The van der Waals surface area contributed by atoms with Crippen molar-refractivity contribution < 1.29 is 19.1 Å². The minimum absolute atomic E-state index is 0.0267. The van der Waals surface area contributed by atoms with Gasteiger partial charge < -0.3 is 10.0 Å². The second-order valence-electron chi connectivity index (χ2n) is 5.18. The lowest BCUT2D eigenvalue weighted by molar-refractivity contribution is -0.153. The summed E-state index contributed by atoms with van der Waals surface area (Å²) in [4.78, 5) is 24.8. The number of carboxylic acid groups (broad SMARTS) is 1. The summed E-state index contributed by atoms with van der Waals surface area (Å²) < 4.78 is 13.0. The van der Waals surface area contributed by atoms with E-state index in [1.54, 1.807) is 6.92 Å². The molecule has 1 aliphatic heterocycles. The average Bonchev–Trinajstić information content (AvgIpc) is 2.83. The van der Waals surface area contributed by atoms with Crippen LogP contribution in [0.1, 0.15) is 25.3 Å². The van der Waals surface area contributed by atoms with Gasteiger partial charge in [0, 0.05) is 12.6 Å². The highest BCUT2D eigenvalue weighted by molar-refractivity contribution is 6.30. The molecule has 1 aromatic carbocycles. The Kier molecular flexibility index (Phi) is 4.32. The Morgan fingerprint density at radius 2 is 2.19 bits per heavy atom. The van der Waals surface area contributed by atoms with E-state index in [9.17, 15) is 19.1 Å². The lowest BCUT2D eigenvalue weighted by Gasteiger charge is -2.30. The summed E-state index contributed by atoms with van der Waals surface area (Å²) >= 11 is 5.66. The first-order valence-electron chi connectivity index (χ1n) is 6.53. The summed E-state index contributed by atoms with van der Waals surface area (Å²) in [5, 5.41) is 9.24. The number of aliphatic carboxylic acids is 1. The van der Waals surface area contributed by atoms with Crippen molar-refractivity contribution in [1.82, 2.24) is 4.90 Å². The molecular formula is C15H15ClFNO3. The molecule has 112 valence electrons. The topological polar surface area (TPSA) is 57.6 Å².